The average molecular weight is 698 g/mol. The quantitative estimate of drug-likeness (QED) is 0.0914. The highest BCUT2D eigenvalue weighted by Crippen LogP contribution is 2.36. The Balaban J connectivity index is 1.59. The molecule has 10 heteroatoms. The Morgan fingerprint density at radius 2 is 1.85 bits per heavy atom. The van der Waals surface area contributed by atoms with Gasteiger partial charge in [-0.3, -0.25) is 10.1 Å². The molecule has 0 radical (unpaired) electrons. The third-order valence-corrected chi connectivity index (χ3v) is 6.80. The van der Waals surface area contributed by atoms with Gasteiger partial charge < -0.3 is 9.47 Å². The molecule has 0 saturated carbocycles. The number of benzene rings is 3. The van der Waals surface area contributed by atoms with Crippen LogP contribution < -0.4 is 4.74 Å². The molecular formula is C24H15Br2IN2O5. The van der Waals surface area contributed by atoms with Gasteiger partial charge >= 0.3 is 5.97 Å². The second-order valence-electron chi connectivity index (χ2n) is 7.28. The highest BCUT2D eigenvalue weighted by Gasteiger charge is 2.27. The van der Waals surface area contributed by atoms with Gasteiger partial charge in [0.15, 0.2) is 5.70 Å². The van der Waals surface area contributed by atoms with Crippen LogP contribution in [0.2, 0.25) is 0 Å². The van der Waals surface area contributed by atoms with Gasteiger partial charge in [0.1, 0.15) is 12.4 Å². The summed E-state index contributed by atoms with van der Waals surface area (Å²) >= 11 is 9.31. The molecule has 0 aromatic heterocycles. The highest BCUT2D eigenvalue weighted by molar-refractivity contribution is 14.1. The van der Waals surface area contributed by atoms with Crippen molar-refractivity contribution in [3.63, 3.8) is 0 Å². The van der Waals surface area contributed by atoms with Gasteiger partial charge in [0.05, 0.1) is 13.9 Å². The third kappa shape index (κ3) is 5.39. The number of aliphatic imine (C=N–C) groups is 1. The summed E-state index contributed by atoms with van der Waals surface area (Å²) in [6.45, 7) is 1.99. The van der Waals surface area contributed by atoms with Crippen LogP contribution in [0.15, 0.2) is 74.2 Å². The van der Waals surface area contributed by atoms with Crippen molar-refractivity contribution in [2.24, 2.45) is 4.99 Å². The van der Waals surface area contributed by atoms with E-state index in [9.17, 15) is 14.9 Å². The first-order valence-electron chi connectivity index (χ1n) is 9.86. The summed E-state index contributed by atoms with van der Waals surface area (Å²) in [7, 11) is 0. The van der Waals surface area contributed by atoms with E-state index in [1.54, 1.807) is 31.2 Å². The van der Waals surface area contributed by atoms with E-state index in [0.717, 1.165) is 9.13 Å². The maximum absolute atomic E-state index is 12.4. The first kappa shape index (κ1) is 24.6. The van der Waals surface area contributed by atoms with Crippen LogP contribution in [-0.4, -0.2) is 16.8 Å². The number of carbonyl (C=O) groups excluding carboxylic acids is 1. The van der Waals surface area contributed by atoms with Crippen molar-refractivity contribution in [1.29, 1.82) is 0 Å². The predicted octanol–water partition coefficient (Wildman–Crippen LogP) is 6.96. The molecule has 0 bridgehead atoms. The lowest BCUT2D eigenvalue weighted by Gasteiger charge is -2.12. The van der Waals surface area contributed by atoms with Crippen molar-refractivity contribution in [1.82, 2.24) is 0 Å². The molecule has 34 heavy (non-hydrogen) atoms. The number of hydrogen-bond donors (Lipinski definition) is 0. The van der Waals surface area contributed by atoms with Gasteiger partial charge in [-0.05, 0) is 109 Å². The van der Waals surface area contributed by atoms with Crippen molar-refractivity contribution in [2.75, 3.05) is 0 Å². The molecule has 3 aromatic carbocycles. The number of ether oxygens (including phenoxy) is 2. The van der Waals surface area contributed by atoms with E-state index in [2.05, 4.69) is 59.4 Å². The summed E-state index contributed by atoms with van der Waals surface area (Å²) in [5.41, 5.74) is 2.53. The monoisotopic (exact) mass is 696 g/mol. The van der Waals surface area contributed by atoms with E-state index < -0.39 is 10.9 Å². The number of esters is 1. The van der Waals surface area contributed by atoms with Crippen LogP contribution in [-0.2, 0) is 16.1 Å². The lowest BCUT2D eigenvalue weighted by Crippen LogP contribution is -2.08. The smallest absolute Gasteiger partial charge is 0.363 e. The first-order valence-corrected chi connectivity index (χ1v) is 12.5. The van der Waals surface area contributed by atoms with Gasteiger partial charge in [-0.1, -0.05) is 18.2 Å². The third-order valence-electron chi connectivity index (χ3n) is 4.95. The Morgan fingerprint density at radius 1 is 1.15 bits per heavy atom. The van der Waals surface area contributed by atoms with Crippen molar-refractivity contribution in [3.8, 4) is 5.75 Å². The number of cyclic esters (lactones) is 1. The predicted molar refractivity (Wildman–Crippen MR) is 144 cm³/mol. The maximum atomic E-state index is 12.4. The molecule has 3 aromatic rings. The molecule has 7 nitrogen and oxygen atoms in total. The zero-order chi connectivity index (χ0) is 24.4. The van der Waals surface area contributed by atoms with Crippen LogP contribution in [0, 0.1) is 20.6 Å². The molecule has 0 atom stereocenters. The minimum absolute atomic E-state index is 0.0352. The number of halogens is 3. The van der Waals surface area contributed by atoms with E-state index >= 15 is 0 Å². The summed E-state index contributed by atoms with van der Waals surface area (Å²) in [4.78, 5) is 27.4. The zero-order valence-electron chi connectivity index (χ0n) is 17.6. The molecule has 1 aliphatic rings. The molecule has 0 N–H and O–H groups in total. The van der Waals surface area contributed by atoms with E-state index in [1.165, 1.54) is 12.1 Å². The molecule has 0 unspecified atom stereocenters. The average Bonchev–Trinajstić information content (AvgIpc) is 3.13. The van der Waals surface area contributed by atoms with Crippen molar-refractivity contribution >= 4 is 78.1 Å². The molecular weight excluding hydrogens is 683 g/mol. The van der Waals surface area contributed by atoms with E-state index in [-0.39, 0.29) is 17.3 Å². The fraction of sp³-hybridized carbons (Fsp3) is 0.0833. The van der Waals surface area contributed by atoms with E-state index in [1.807, 2.05) is 24.3 Å². The second kappa shape index (κ2) is 10.4. The largest absolute Gasteiger partial charge is 0.487 e. The summed E-state index contributed by atoms with van der Waals surface area (Å²) in [5, 5.41) is 11.2. The molecule has 0 aliphatic carbocycles. The Hall–Kier alpha value is -2.57. The number of hydrogen-bond acceptors (Lipinski definition) is 6. The molecule has 1 aliphatic heterocycles. The van der Waals surface area contributed by atoms with Gasteiger partial charge in [-0.15, -0.1) is 0 Å². The summed E-state index contributed by atoms with van der Waals surface area (Å²) < 4.78 is 13.8. The fourth-order valence-corrected chi connectivity index (χ4v) is 5.38. The molecule has 0 fully saturated rings. The SMILES string of the molecule is Cc1c(C2=N/C(=C\c3cc(Br)c(OCc4cccc(I)c4)c(Br)c3)C(=O)O2)cccc1[N+](=O)[O-]. The molecule has 4 rings (SSSR count). The lowest BCUT2D eigenvalue weighted by molar-refractivity contribution is -0.385. The molecule has 0 spiro atoms. The molecule has 172 valence electrons. The zero-order valence-corrected chi connectivity index (χ0v) is 22.9. The van der Waals surface area contributed by atoms with Crippen LogP contribution >= 0.6 is 54.5 Å². The van der Waals surface area contributed by atoms with Crippen molar-refractivity contribution in [3.05, 3.63) is 105 Å². The molecule has 1 heterocycles. The summed E-state index contributed by atoms with van der Waals surface area (Å²) in [5.74, 6) is 0.0339. The minimum atomic E-state index is -0.632. The van der Waals surface area contributed by atoms with Gasteiger partial charge in [-0.2, -0.15) is 0 Å². The number of nitro benzene ring substituents is 1. The van der Waals surface area contributed by atoms with Crippen LogP contribution in [0.1, 0.15) is 22.3 Å². The minimum Gasteiger partial charge on any atom is -0.487 e. The Kier molecular flexibility index (Phi) is 7.48. The number of nitro groups is 1. The Morgan fingerprint density at radius 3 is 2.53 bits per heavy atom. The summed E-state index contributed by atoms with van der Waals surface area (Å²) in [6, 6.07) is 16.2. The van der Waals surface area contributed by atoms with Gasteiger partial charge in [0.2, 0.25) is 5.90 Å². The van der Waals surface area contributed by atoms with Crippen LogP contribution in [0.3, 0.4) is 0 Å². The fourth-order valence-electron chi connectivity index (χ4n) is 3.32. The lowest BCUT2D eigenvalue weighted by atomic mass is 10.1. The van der Waals surface area contributed by atoms with Crippen LogP contribution in [0.5, 0.6) is 5.75 Å². The highest BCUT2D eigenvalue weighted by atomic mass is 127. The van der Waals surface area contributed by atoms with Gasteiger partial charge in [0.25, 0.3) is 5.69 Å². The topological polar surface area (TPSA) is 91.0 Å². The number of rotatable bonds is 6. The van der Waals surface area contributed by atoms with Crippen LogP contribution in [0.4, 0.5) is 5.69 Å². The standard InChI is InChI=1S/C24H15Br2IN2O5/c1-13-17(6-3-7-21(13)29(31)32)23-28-20(24(30)34-23)11-15-9-18(25)22(19(26)10-15)33-12-14-4-2-5-16(27)8-14/h2-11H,12H2,1H3/b20-11-. The summed E-state index contributed by atoms with van der Waals surface area (Å²) in [6.07, 6.45) is 1.58. The Labute approximate surface area is 225 Å². The van der Waals surface area contributed by atoms with E-state index in [4.69, 9.17) is 9.47 Å². The number of carbonyl (C=O) groups is 1. The van der Waals surface area contributed by atoms with Gasteiger partial charge in [0, 0.05) is 20.8 Å². The first-order chi connectivity index (χ1) is 16.2. The normalized spacial score (nSPS) is 14.2. The molecule has 0 saturated heterocycles. The maximum Gasteiger partial charge on any atom is 0.363 e. The molecule has 0 amide bonds. The van der Waals surface area contributed by atoms with Gasteiger partial charge in [-0.25, -0.2) is 9.79 Å². The second-order valence-corrected chi connectivity index (χ2v) is 10.2. The number of nitrogens with zero attached hydrogens (tertiary/aromatic N) is 2. The van der Waals surface area contributed by atoms with Crippen LogP contribution in [0.25, 0.3) is 6.08 Å². The Bertz CT molecular complexity index is 1360. The van der Waals surface area contributed by atoms with E-state index in [0.29, 0.717) is 38.0 Å². The van der Waals surface area contributed by atoms with Crippen molar-refractivity contribution in [2.45, 2.75) is 13.5 Å². The van der Waals surface area contributed by atoms with Crippen molar-refractivity contribution < 1.29 is 19.2 Å².